The van der Waals surface area contributed by atoms with Gasteiger partial charge in [0.25, 0.3) is 0 Å². The predicted molar refractivity (Wildman–Crippen MR) is 55.1 cm³/mol. The number of halogens is 3. The number of benzene rings is 1. The number of hydrogen-bond acceptors (Lipinski definition) is 2. The summed E-state index contributed by atoms with van der Waals surface area (Å²) in [5.74, 6) is -2.07. The molecular formula is C11H12F3NO2. The van der Waals surface area contributed by atoms with Gasteiger partial charge in [0, 0.05) is 0 Å². The van der Waals surface area contributed by atoms with Crippen molar-refractivity contribution in [2.75, 3.05) is 6.61 Å². The maximum absolute atomic E-state index is 12.1. The summed E-state index contributed by atoms with van der Waals surface area (Å²) in [6, 6.07) is 7.98. The summed E-state index contributed by atoms with van der Waals surface area (Å²) < 4.78 is 36.4. The van der Waals surface area contributed by atoms with Gasteiger partial charge in [-0.15, -0.1) is 0 Å². The van der Waals surface area contributed by atoms with Crippen LogP contribution in [0.25, 0.3) is 0 Å². The molecule has 1 unspecified atom stereocenters. The van der Waals surface area contributed by atoms with E-state index in [4.69, 9.17) is 0 Å². The number of nitrogens with one attached hydrogen (secondary N) is 1. The highest BCUT2D eigenvalue weighted by Crippen LogP contribution is 2.23. The number of aliphatic hydroxyl groups is 1. The lowest BCUT2D eigenvalue weighted by atomic mass is 9.93. The first-order valence-electron chi connectivity index (χ1n) is 4.85. The highest BCUT2D eigenvalue weighted by molar-refractivity contribution is 5.82. The van der Waals surface area contributed by atoms with Gasteiger partial charge in [-0.25, -0.2) is 0 Å². The molecule has 0 aliphatic carbocycles. The zero-order chi connectivity index (χ0) is 13.1. The second-order valence-electron chi connectivity index (χ2n) is 3.81. The smallest absolute Gasteiger partial charge is 0.394 e. The molecule has 1 atom stereocenters. The number of carbonyl (C=O) groups is 1. The van der Waals surface area contributed by atoms with Gasteiger partial charge in [0.05, 0.1) is 12.1 Å². The normalized spacial score (nSPS) is 15.1. The number of aliphatic hydroxyl groups excluding tert-OH is 1. The number of hydrogen-bond donors (Lipinski definition) is 2. The fourth-order valence-corrected chi connectivity index (χ4v) is 1.33. The third kappa shape index (κ3) is 3.20. The monoisotopic (exact) mass is 247 g/mol. The quantitative estimate of drug-likeness (QED) is 0.851. The van der Waals surface area contributed by atoms with Gasteiger partial charge in [0.2, 0.25) is 0 Å². The summed E-state index contributed by atoms with van der Waals surface area (Å²) in [6.07, 6.45) is -4.97. The number of carbonyl (C=O) groups excluding carboxylic acids is 1. The molecule has 0 saturated carbocycles. The maximum Gasteiger partial charge on any atom is 0.471 e. The van der Waals surface area contributed by atoms with Crippen LogP contribution in [0, 0.1) is 0 Å². The number of amides is 1. The van der Waals surface area contributed by atoms with Crippen LogP contribution >= 0.6 is 0 Å². The lowest BCUT2D eigenvalue weighted by molar-refractivity contribution is -0.176. The van der Waals surface area contributed by atoms with Crippen molar-refractivity contribution in [1.82, 2.24) is 5.32 Å². The Bertz CT molecular complexity index is 391. The largest absolute Gasteiger partial charge is 0.471 e. The van der Waals surface area contributed by atoms with Crippen molar-refractivity contribution in [1.29, 1.82) is 0 Å². The Morgan fingerprint density at radius 1 is 1.29 bits per heavy atom. The average Bonchev–Trinajstić information content (AvgIpc) is 2.28. The van der Waals surface area contributed by atoms with Crippen LogP contribution in [0.5, 0.6) is 0 Å². The van der Waals surface area contributed by atoms with Crippen LogP contribution < -0.4 is 5.32 Å². The molecule has 94 valence electrons. The van der Waals surface area contributed by atoms with E-state index in [1.807, 2.05) is 0 Å². The molecule has 6 heteroatoms. The second kappa shape index (κ2) is 4.75. The lowest BCUT2D eigenvalue weighted by Crippen LogP contribution is -2.51. The van der Waals surface area contributed by atoms with Crippen LogP contribution in [0.4, 0.5) is 13.2 Å². The Morgan fingerprint density at radius 2 is 1.82 bits per heavy atom. The van der Waals surface area contributed by atoms with Gasteiger partial charge in [0.1, 0.15) is 0 Å². The second-order valence-corrected chi connectivity index (χ2v) is 3.81. The first kappa shape index (κ1) is 13.5. The Kier molecular flexibility index (Phi) is 3.77. The third-order valence-electron chi connectivity index (χ3n) is 2.37. The topological polar surface area (TPSA) is 49.3 Å². The van der Waals surface area contributed by atoms with E-state index < -0.39 is 24.2 Å². The standard InChI is InChI=1S/C11H12F3NO2/c1-10(7-16,8-5-3-2-4-6-8)15-9(17)11(12,13)14/h2-6,16H,7H2,1H3,(H,15,17). The molecule has 17 heavy (non-hydrogen) atoms. The molecule has 0 aliphatic heterocycles. The number of rotatable bonds is 3. The van der Waals surface area contributed by atoms with E-state index >= 15 is 0 Å². The molecule has 1 amide bonds. The summed E-state index contributed by atoms with van der Waals surface area (Å²) >= 11 is 0. The fraction of sp³-hybridized carbons (Fsp3) is 0.364. The van der Waals surface area contributed by atoms with Crippen LogP contribution in [0.1, 0.15) is 12.5 Å². The maximum atomic E-state index is 12.1. The van der Waals surface area contributed by atoms with Gasteiger partial charge in [-0.2, -0.15) is 13.2 Å². The molecule has 2 N–H and O–H groups in total. The van der Waals surface area contributed by atoms with Crippen LogP contribution in [0.3, 0.4) is 0 Å². The molecule has 1 aromatic rings. The van der Waals surface area contributed by atoms with E-state index in [1.54, 1.807) is 23.5 Å². The Labute approximate surface area is 96.3 Å². The Hall–Kier alpha value is -1.56. The summed E-state index contributed by atoms with van der Waals surface area (Å²) in [6.45, 7) is 0.699. The molecule has 0 fully saturated rings. The fourth-order valence-electron chi connectivity index (χ4n) is 1.33. The van der Waals surface area contributed by atoms with E-state index in [0.717, 1.165) is 0 Å². The molecule has 0 heterocycles. The molecular weight excluding hydrogens is 235 g/mol. The first-order valence-corrected chi connectivity index (χ1v) is 4.85. The zero-order valence-electron chi connectivity index (χ0n) is 9.08. The minimum atomic E-state index is -4.97. The SMILES string of the molecule is CC(CO)(NC(=O)C(F)(F)F)c1ccccc1. The molecule has 3 nitrogen and oxygen atoms in total. The van der Waals surface area contributed by atoms with E-state index in [1.165, 1.54) is 19.1 Å². The Morgan fingerprint density at radius 3 is 2.24 bits per heavy atom. The Balaban J connectivity index is 2.95. The summed E-state index contributed by atoms with van der Waals surface area (Å²) in [5, 5.41) is 11.0. The van der Waals surface area contributed by atoms with Crippen molar-refractivity contribution >= 4 is 5.91 Å². The van der Waals surface area contributed by atoms with Gasteiger partial charge in [-0.05, 0) is 12.5 Å². The van der Waals surface area contributed by atoms with E-state index in [9.17, 15) is 23.1 Å². The summed E-state index contributed by atoms with van der Waals surface area (Å²) in [7, 11) is 0. The molecule has 1 aromatic carbocycles. The van der Waals surface area contributed by atoms with Gasteiger partial charge in [0.15, 0.2) is 0 Å². The van der Waals surface area contributed by atoms with Gasteiger partial charge >= 0.3 is 12.1 Å². The predicted octanol–water partition coefficient (Wildman–Crippen LogP) is 1.57. The molecule has 0 aromatic heterocycles. The van der Waals surface area contributed by atoms with Crippen molar-refractivity contribution in [2.45, 2.75) is 18.6 Å². The minimum Gasteiger partial charge on any atom is -0.394 e. The van der Waals surface area contributed by atoms with Crippen molar-refractivity contribution in [3.05, 3.63) is 35.9 Å². The summed E-state index contributed by atoms with van der Waals surface area (Å²) in [4.78, 5) is 10.9. The van der Waals surface area contributed by atoms with Gasteiger partial charge in [-0.3, -0.25) is 4.79 Å². The number of alkyl halides is 3. The van der Waals surface area contributed by atoms with Crippen LogP contribution in [0.2, 0.25) is 0 Å². The van der Waals surface area contributed by atoms with Gasteiger partial charge in [-0.1, -0.05) is 30.3 Å². The third-order valence-corrected chi connectivity index (χ3v) is 2.37. The molecule has 0 saturated heterocycles. The van der Waals surface area contributed by atoms with Crippen molar-refractivity contribution < 1.29 is 23.1 Å². The van der Waals surface area contributed by atoms with Crippen molar-refractivity contribution in [3.8, 4) is 0 Å². The van der Waals surface area contributed by atoms with Crippen LogP contribution in [-0.4, -0.2) is 23.8 Å². The average molecular weight is 247 g/mol. The molecule has 0 spiro atoms. The van der Waals surface area contributed by atoms with Crippen LogP contribution in [-0.2, 0) is 10.3 Å². The molecule has 1 rings (SSSR count). The molecule has 0 bridgehead atoms. The van der Waals surface area contributed by atoms with Crippen LogP contribution in [0.15, 0.2) is 30.3 Å². The summed E-state index contributed by atoms with van der Waals surface area (Å²) in [5.41, 5.74) is -1.05. The molecule has 0 radical (unpaired) electrons. The first-order chi connectivity index (χ1) is 7.79. The molecule has 0 aliphatic rings. The van der Waals surface area contributed by atoms with E-state index in [2.05, 4.69) is 0 Å². The van der Waals surface area contributed by atoms with E-state index in [0.29, 0.717) is 5.56 Å². The van der Waals surface area contributed by atoms with Gasteiger partial charge < -0.3 is 10.4 Å². The highest BCUT2D eigenvalue weighted by atomic mass is 19.4. The lowest BCUT2D eigenvalue weighted by Gasteiger charge is -2.29. The van der Waals surface area contributed by atoms with E-state index in [-0.39, 0.29) is 0 Å². The highest BCUT2D eigenvalue weighted by Gasteiger charge is 2.42. The van der Waals surface area contributed by atoms with Crippen molar-refractivity contribution in [3.63, 3.8) is 0 Å². The van der Waals surface area contributed by atoms with Crippen molar-refractivity contribution in [2.24, 2.45) is 0 Å². The minimum absolute atomic E-state index is 0.403. The zero-order valence-corrected chi connectivity index (χ0v) is 9.08.